The Morgan fingerprint density at radius 3 is 2.62 bits per heavy atom. The molecule has 0 aliphatic rings. The Morgan fingerprint density at radius 2 is 1.91 bits per heavy atom. The third-order valence-corrected chi connectivity index (χ3v) is 5.11. The van der Waals surface area contributed by atoms with E-state index in [-0.39, 0.29) is 17.7 Å². The number of carbonyl (C=O) groups excluding carboxylic acids is 1. The Labute approximate surface area is 185 Å². The Kier molecular flexibility index (Phi) is 6.07. The number of amides is 1. The Bertz CT molecular complexity index is 1290. The van der Waals surface area contributed by atoms with Gasteiger partial charge in [0.05, 0.1) is 23.9 Å². The summed E-state index contributed by atoms with van der Waals surface area (Å²) in [7, 11) is 0. The maximum Gasteiger partial charge on any atom is 0.337 e. The van der Waals surface area contributed by atoms with E-state index in [1.807, 2.05) is 44.2 Å². The molecule has 2 heterocycles. The number of aromatic nitrogens is 2. The van der Waals surface area contributed by atoms with Crippen LogP contribution < -0.4 is 15.7 Å². The first-order valence-corrected chi connectivity index (χ1v) is 10.6. The van der Waals surface area contributed by atoms with E-state index in [1.165, 1.54) is 6.07 Å². The molecule has 4 aromatic rings. The smallest absolute Gasteiger partial charge is 0.337 e. The highest BCUT2D eigenvalue weighted by Gasteiger charge is 2.19. The van der Waals surface area contributed by atoms with Crippen molar-refractivity contribution in [3.8, 4) is 5.75 Å². The van der Waals surface area contributed by atoms with E-state index < -0.39 is 11.5 Å². The molecule has 164 valence electrons. The average Bonchev–Trinajstić information content (AvgIpc) is 3.21. The minimum Gasteiger partial charge on any atom is -0.491 e. The van der Waals surface area contributed by atoms with Gasteiger partial charge in [-0.15, -0.1) is 0 Å². The fraction of sp³-hybridized carbons (Fsp3) is 0.240. The number of ether oxygens (including phenoxy) is 1. The van der Waals surface area contributed by atoms with E-state index in [2.05, 4.69) is 17.3 Å². The van der Waals surface area contributed by atoms with Gasteiger partial charge < -0.3 is 14.5 Å². The van der Waals surface area contributed by atoms with E-state index >= 15 is 0 Å². The van der Waals surface area contributed by atoms with E-state index in [1.54, 1.807) is 35.1 Å². The third kappa shape index (κ3) is 4.42. The van der Waals surface area contributed by atoms with Crippen LogP contribution in [0.2, 0.25) is 0 Å². The van der Waals surface area contributed by atoms with Crippen LogP contribution >= 0.6 is 0 Å². The highest BCUT2D eigenvalue weighted by molar-refractivity contribution is 6.11. The van der Waals surface area contributed by atoms with E-state index in [0.717, 1.165) is 12.0 Å². The highest BCUT2D eigenvalue weighted by atomic mass is 16.5. The zero-order valence-corrected chi connectivity index (χ0v) is 18.2. The summed E-state index contributed by atoms with van der Waals surface area (Å²) in [6.07, 6.45) is 2.42. The van der Waals surface area contributed by atoms with Crippen LogP contribution in [0.25, 0.3) is 11.0 Å². The van der Waals surface area contributed by atoms with Crippen molar-refractivity contribution in [2.75, 3.05) is 5.32 Å². The van der Waals surface area contributed by atoms with Crippen LogP contribution in [0.15, 0.2) is 76.1 Å². The van der Waals surface area contributed by atoms with Crippen LogP contribution in [0, 0.1) is 0 Å². The van der Waals surface area contributed by atoms with Crippen LogP contribution in [0.4, 0.5) is 5.82 Å². The lowest BCUT2D eigenvalue weighted by Gasteiger charge is -2.19. The van der Waals surface area contributed by atoms with Gasteiger partial charge in [0.2, 0.25) is 0 Å². The standard InChI is InChI=1S/C25H25N3O4/c1-4-21(17-8-6-5-7-9-17)28-23(12-13-26-28)27-25(30)20-15-24(29)32-22-14-18(31-16(2)3)10-11-19(20)22/h5-16,21H,4H2,1-3H3,(H,27,30). The van der Waals surface area contributed by atoms with E-state index in [9.17, 15) is 9.59 Å². The molecule has 2 aromatic heterocycles. The molecule has 1 unspecified atom stereocenters. The van der Waals surface area contributed by atoms with Crippen molar-refractivity contribution in [3.63, 3.8) is 0 Å². The van der Waals surface area contributed by atoms with Crippen molar-refractivity contribution in [3.05, 3.63) is 88.4 Å². The second kappa shape index (κ2) is 9.09. The van der Waals surface area contributed by atoms with E-state index in [0.29, 0.717) is 22.5 Å². The molecular weight excluding hydrogens is 406 g/mol. The molecule has 1 N–H and O–H groups in total. The summed E-state index contributed by atoms with van der Waals surface area (Å²) in [4.78, 5) is 25.3. The summed E-state index contributed by atoms with van der Waals surface area (Å²) in [5, 5.41) is 7.87. The van der Waals surface area contributed by atoms with Crippen LogP contribution in [0.1, 0.15) is 49.2 Å². The summed E-state index contributed by atoms with van der Waals surface area (Å²) < 4.78 is 12.8. The summed E-state index contributed by atoms with van der Waals surface area (Å²) in [5.74, 6) is 0.705. The predicted octanol–water partition coefficient (Wildman–Crippen LogP) is 5.03. The monoisotopic (exact) mass is 431 g/mol. The first-order valence-electron chi connectivity index (χ1n) is 10.6. The molecule has 4 rings (SSSR count). The summed E-state index contributed by atoms with van der Waals surface area (Å²) >= 11 is 0. The van der Waals surface area contributed by atoms with Crippen LogP contribution in [0.3, 0.4) is 0 Å². The zero-order valence-electron chi connectivity index (χ0n) is 18.2. The number of fused-ring (bicyclic) bond motifs is 1. The second-order valence-corrected chi connectivity index (χ2v) is 7.75. The van der Waals surface area contributed by atoms with Crippen molar-refractivity contribution in [1.82, 2.24) is 9.78 Å². The minimum absolute atomic E-state index is 0.0259. The largest absolute Gasteiger partial charge is 0.491 e. The van der Waals surface area contributed by atoms with Gasteiger partial charge in [-0.1, -0.05) is 37.3 Å². The SMILES string of the molecule is CCC(c1ccccc1)n1nccc1NC(=O)c1cc(=O)oc2cc(OC(C)C)ccc12. The molecule has 0 fully saturated rings. The van der Waals surface area contributed by atoms with Gasteiger partial charge in [0.25, 0.3) is 5.91 Å². The van der Waals surface area contributed by atoms with Crippen molar-refractivity contribution in [2.24, 2.45) is 0 Å². The van der Waals surface area contributed by atoms with Crippen LogP contribution in [-0.2, 0) is 0 Å². The molecule has 2 aromatic carbocycles. The Hall–Kier alpha value is -3.87. The third-order valence-electron chi connectivity index (χ3n) is 5.11. The number of nitrogens with one attached hydrogen (secondary N) is 1. The molecule has 0 radical (unpaired) electrons. The molecule has 7 nitrogen and oxygen atoms in total. The Morgan fingerprint density at radius 1 is 1.12 bits per heavy atom. The normalized spacial score (nSPS) is 12.1. The second-order valence-electron chi connectivity index (χ2n) is 7.75. The lowest BCUT2D eigenvalue weighted by molar-refractivity contribution is 0.102. The number of hydrogen-bond acceptors (Lipinski definition) is 5. The molecule has 7 heteroatoms. The fourth-order valence-corrected chi connectivity index (χ4v) is 3.75. The van der Waals surface area contributed by atoms with Crippen LogP contribution in [-0.4, -0.2) is 21.8 Å². The first-order chi connectivity index (χ1) is 15.5. The minimum atomic E-state index is -0.603. The lowest BCUT2D eigenvalue weighted by Crippen LogP contribution is -2.20. The predicted molar refractivity (Wildman–Crippen MR) is 123 cm³/mol. The molecule has 1 amide bonds. The maximum atomic E-state index is 13.2. The molecule has 0 bridgehead atoms. The summed E-state index contributed by atoms with van der Waals surface area (Å²) in [6.45, 7) is 5.89. The van der Waals surface area contributed by atoms with Gasteiger partial charge in [-0.2, -0.15) is 5.10 Å². The fourth-order valence-electron chi connectivity index (χ4n) is 3.75. The highest BCUT2D eigenvalue weighted by Crippen LogP contribution is 2.27. The van der Waals surface area contributed by atoms with Gasteiger partial charge in [0, 0.05) is 23.6 Å². The molecule has 1 atom stereocenters. The quantitative estimate of drug-likeness (QED) is 0.415. The molecule has 0 saturated heterocycles. The van der Waals surface area contributed by atoms with Crippen molar-refractivity contribution >= 4 is 22.7 Å². The number of carbonyl (C=O) groups is 1. The van der Waals surface area contributed by atoms with Gasteiger partial charge in [0.1, 0.15) is 17.2 Å². The number of anilines is 1. The topological polar surface area (TPSA) is 86.4 Å². The summed E-state index contributed by atoms with van der Waals surface area (Å²) in [6, 6.07) is 18.0. The number of benzene rings is 2. The number of hydrogen-bond donors (Lipinski definition) is 1. The molecule has 0 aliphatic carbocycles. The van der Waals surface area contributed by atoms with Gasteiger partial charge in [-0.3, -0.25) is 4.79 Å². The van der Waals surface area contributed by atoms with Crippen molar-refractivity contribution in [2.45, 2.75) is 39.3 Å². The van der Waals surface area contributed by atoms with E-state index in [4.69, 9.17) is 9.15 Å². The molecular formula is C25H25N3O4. The van der Waals surface area contributed by atoms with Gasteiger partial charge in [0.15, 0.2) is 0 Å². The average molecular weight is 431 g/mol. The maximum absolute atomic E-state index is 13.2. The molecule has 32 heavy (non-hydrogen) atoms. The van der Waals surface area contributed by atoms with Gasteiger partial charge in [-0.05, 0) is 38.0 Å². The number of rotatable bonds is 7. The lowest BCUT2D eigenvalue weighted by atomic mass is 10.1. The molecule has 0 aliphatic heterocycles. The van der Waals surface area contributed by atoms with Crippen molar-refractivity contribution < 1.29 is 13.9 Å². The Balaban J connectivity index is 1.67. The number of nitrogens with zero attached hydrogens (tertiary/aromatic N) is 2. The zero-order chi connectivity index (χ0) is 22.7. The van der Waals surface area contributed by atoms with Gasteiger partial charge >= 0.3 is 5.63 Å². The van der Waals surface area contributed by atoms with Crippen molar-refractivity contribution in [1.29, 1.82) is 0 Å². The first kappa shape index (κ1) is 21.4. The molecule has 0 spiro atoms. The summed E-state index contributed by atoms with van der Waals surface area (Å²) in [5.41, 5.74) is 1.02. The molecule has 0 saturated carbocycles. The van der Waals surface area contributed by atoms with Gasteiger partial charge in [-0.25, -0.2) is 9.48 Å². The van der Waals surface area contributed by atoms with Crippen LogP contribution in [0.5, 0.6) is 5.75 Å².